The van der Waals surface area contributed by atoms with Gasteiger partial charge in [0.25, 0.3) is 0 Å². The molecule has 3 aromatic carbocycles. The molecule has 3 heteroatoms. The predicted molar refractivity (Wildman–Crippen MR) is 105 cm³/mol. The molecule has 3 aromatic rings. The van der Waals surface area contributed by atoms with Gasteiger partial charge < -0.3 is 0 Å². The van der Waals surface area contributed by atoms with Crippen molar-refractivity contribution in [3.8, 4) is 0 Å². The largest absolute Gasteiger partial charge is 0.250 e. The van der Waals surface area contributed by atoms with Crippen LogP contribution in [0.4, 0.5) is 11.4 Å². The van der Waals surface area contributed by atoms with Crippen LogP contribution >= 0.6 is 0 Å². The molecule has 1 atom stereocenters. The Balaban J connectivity index is 2.04. The summed E-state index contributed by atoms with van der Waals surface area (Å²) < 4.78 is 0. The second-order valence-electron chi connectivity index (χ2n) is 6.89. The van der Waals surface area contributed by atoms with Gasteiger partial charge >= 0.3 is 0 Å². The molecule has 0 bridgehead atoms. The normalized spacial score (nSPS) is 20.6. The van der Waals surface area contributed by atoms with Crippen LogP contribution in [0.25, 0.3) is 0 Å². The summed E-state index contributed by atoms with van der Waals surface area (Å²) in [6, 6.07) is 27.6. The molecule has 26 heavy (non-hydrogen) atoms. The first kappa shape index (κ1) is 16.6. The number of rotatable bonds is 3. The number of hydrogen-bond donors (Lipinski definition) is 0. The zero-order valence-corrected chi connectivity index (χ0v) is 15.0. The highest BCUT2D eigenvalue weighted by Crippen LogP contribution is 2.49. The van der Waals surface area contributed by atoms with Crippen molar-refractivity contribution in [3.63, 3.8) is 0 Å². The number of nitrogens with zero attached hydrogens (tertiary/aromatic N) is 2. The third-order valence-corrected chi connectivity index (χ3v) is 5.11. The van der Waals surface area contributed by atoms with Crippen molar-refractivity contribution in [3.05, 3.63) is 96.1 Å². The number of benzene rings is 3. The molecule has 0 fully saturated rings. The first-order valence-electron chi connectivity index (χ1n) is 8.92. The lowest BCUT2D eigenvalue weighted by Gasteiger charge is -2.38. The van der Waals surface area contributed by atoms with Crippen molar-refractivity contribution >= 4 is 17.1 Å². The van der Waals surface area contributed by atoms with Crippen molar-refractivity contribution < 1.29 is 5.21 Å². The average Bonchev–Trinajstić information content (AvgIpc) is 2.93. The lowest BCUT2D eigenvalue weighted by Crippen LogP contribution is -2.49. The van der Waals surface area contributed by atoms with E-state index in [2.05, 4.69) is 13.8 Å². The maximum atomic E-state index is 13.6. The van der Waals surface area contributed by atoms with E-state index in [1.54, 1.807) is 0 Å². The number of hydroxylamine groups is 1. The van der Waals surface area contributed by atoms with Gasteiger partial charge in [-0.15, -0.1) is 0 Å². The van der Waals surface area contributed by atoms with Crippen LogP contribution in [0.1, 0.15) is 25.0 Å². The molecule has 129 valence electrons. The van der Waals surface area contributed by atoms with Crippen LogP contribution in [0.5, 0.6) is 0 Å². The van der Waals surface area contributed by atoms with Gasteiger partial charge in [0, 0.05) is 5.56 Å². The minimum absolute atomic E-state index is 0.0391. The second kappa shape index (κ2) is 6.43. The molecule has 1 radical (unpaired) electrons. The van der Waals surface area contributed by atoms with Crippen LogP contribution in [0.3, 0.4) is 0 Å². The average molecular weight is 341 g/mol. The van der Waals surface area contributed by atoms with Crippen molar-refractivity contribution in [1.29, 1.82) is 0 Å². The van der Waals surface area contributed by atoms with E-state index < -0.39 is 5.54 Å². The summed E-state index contributed by atoms with van der Waals surface area (Å²) in [6.07, 6.45) is 0. The maximum absolute atomic E-state index is 13.6. The topological polar surface area (TPSA) is 35.5 Å². The summed E-state index contributed by atoms with van der Waals surface area (Å²) in [4.78, 5) is 4.98. The van der Waals surface area contributed by atoms with Crippen LogP contribution in [-0.2, 0) is 10.7 Å². The molecule has 0 N–H and O–H groups in total. The van der Waals surface area contributed by atoms with Crippen molar-refractivity contribution in [2.75, 3.05) is 5.06 Å². The van der Waals surface area contributed by atoms with E-state index >= 15 is 0 Å². The first-order chi connectivity index (χ1) is 12.7. The van der Waals surface area contributed by atoms with E-state index in [1.807, 2.05) is 84.9 Å². The SMILES string of the molecule is CC(C)C1(c2ccccc2)C(=Nc2ccccc2)c2ccccc2N1[O]. The Kier molecular flexibility index (Phi) is 4.09. The van der Waals surface area contributed by atoms with Crippen LogP contribution in [0, 0.1) is 5.92 Å². The fraction of sp³-hybridized carbons (Fsp3) is 0.174. The van der Waals surface area contributed by atoms with Gasteiger partial charge in [0.1, 0.15) is 5.54 Å². The van der Waals surface area contributed by atoms with Gasteiger partial charge in [0.2, 0.25) is 0 Å². The van der Waals surface area contributed by atoms with E-state index in [0.717, 1.165) is 27.6 Å². The molecule has 0 aliphatic carbocycles. The number of hydrogen-bond acceptors (Lipinski definition) is 2. The third-order valence-electron chi connectivity index (χ3n) is 5.11. The Hall–Kier alpha value is -2.91. The van der Waals surface area contributed by atoms with Gasteiger partial charge in [-0.2, -0.15) is 0 Å². The zero-order chi connectivity index (χ0) is 18.1. The van der Waals surface area contributed by atoms with Gasteiger partial charge in [-0.25, -0.2) is 10.1 Å². The summed E-state index contributed by atoms with van der Waals surface area (Å²) in [6.45, 7) is 4.18. The Morgan fingerprint density at radius 2 is 1.38 bits per heavy atom. The Morgan fingerprint density at radius 3 is 2.04 bits per heavy atom. The van der Waals surface area contributed by atoms with Crippen LogP contribution < -0.4 is 5.06 Å². The number of aliphatic imine (C=N–C) groups is 1. The molecule has 4 rings (SSSR count). The lowest BCUT2D eigenvalue weighted by atomic mass is 9.76. The molecule has 1 aliphatic rings. The van der Waals surface area contributed by atoms with E-state index in [4.69, 9.17) is 4.99 Å². The molecule has 0 saturated heterocycles. The molecule has 1 heterocycles. The van der Waals surface area contributed by atoms with E-state index in [0.29, 0.717) is 5.69 Å². The summed E-state index contributed by atoms with van der Waals surface area (Å²) in [5.74, 6) is 0.0391. The molecule has 0 aromatic heterocycles. The molecular weight excluding hydrogens is 320 g/mol. The van der Waals surface area contributed by atoms with Crippen LogP contribution in [0.2, 0.25) is 0 Å². The fourth-order valence-electron chi connectivity index (χ4n) is 3.91. The van der Waals surface area contributed by atoms with Crippen molar-refractivity contribution in [2.24, 2.45) is 10.9 Å². The van der Waals surface area contributed by atoms with Crippen molar-refractivity contribution in [2.45, 2.75) is 19.4 Å². The monoisotopic (exact) mass is 341 g/mol. The van der Waals surface area contributed by atoms with Crippen LogP contribution in [0.15, 0.2) is 89.9 Å². The molecule has 0 spiro atoms. The highest BCUT2D eigenvalue weighted by molar-refractivity contribution is 6.18. The Bertz CT molecular complexity index is 935. The molecule has 1 unspecified atom stereocenters. The highest BCUT2D eigenvalue weighted by Gasteiger charge is 2.53. The molecule has 0 saturated carbocycles. The van der Waals surface area contributed by atoms with Gasteiger partial charge in [-0.05, 0) is 29.7 Å². The molecule has 1 aliphatic heterocycles. The van der Waals surface area contributed by atoms with E-state index in [-0.39, 0.29) is 5.92 Å². The van der Waals surface area contributed by atoms with Gasteiger partial charge in [-0.3, -0.25) is 0 Å². The van der Waals surface area contributed by atoms with E-state index in [9.17, 15) is 5.21 Å². The summed E-state index contributed by atoms with van der Waals surface area (Å²) in [5, 5.41) is 14.8. The summed E-state index contributed by atoms with van der Waals surface area (Å²) in [5.41, 5.74) is 3.38. The van der Waals surface area contributed by atoms with Crippen LogP contribution in [-0.4, -0.2) is 5.71 Å². The highest BCUT2D eigenvalue weighted by atomic mass is 16.5. The number of para-hydroxylation sites is 2. The second-order valence-corrected chi connectivity index (χ2v) is 6.89. The van der Waals surface area contributed by atoms with Gasteiger partial charge in [0.05, 0.1) is 17.1 Å². The quantitative estimate of drug-likeness (QED) is 0.617. The standard InChI is InChI=1S/C23H21N2O/c1-17(2)23(18-11-5-3-6-12-18)22(24-19-13-7-4-8-14-19)20-15-9-10-16-21(20)25(23)26/h3-17H,1-2H3. The number of anilines is 1. The van der Waals surface area contributed by atoms with Gasteiger partial charge in [-0.1, -0.05) is 85.8 Å². The first-order valence-corrected chi connectivity index (χ1v) is 8.92. The minimum Gasteiger partial charge on any atom is -0.250 e. The summed E-state index contributed by atoms with van der Waals surface area (Å²) >= 11 is 0. The molecular formula is C23H21N2O. The lowest BCUT2D eigenvalue weighted by molar-refractivity contribution is 0.0912. The molecule has 0 amide bonds. The van der Waals surface area contributed by atoms with Crippen molar-refractivity contribution in [1.82, 2.24) is 0 Å². The predicted octanol–water partition coefficient (Wildman–Crippen LogP) is 5.52. The number of fused-ring (bicyclic) bond motifs is 1. The molecule has 3 nitrogen and oxygen atoms in total. The Labute approximate surface area is 154 Å². The van der Waals surface area contributed by atoms with E-state index in [1.165, 1.54) is 0 Å². The fourth-order valence-corrected chi connectivity index (χ4v) is 3.91. The minimum atomic E-state index is -0.846. The maximum Gasteiger partial charge on any atom is 0.140 e. The smallest absolute Gasteiger partial charge is 0.140 e. The Morgan fingerprint density at radius 1 is 0.808 bits per heavy atom. The van der Waals surface area contributed by atoms with Gasteiger partial charge in [0.15, 0.2) is 0 Å². The summed E-state index contributed by atoms with van der Waals surface area (Å²) in [7, 11) is 0. The zero-order valence-electron chi connectivity index (χ0n) is 15.0. The third kappa shape index (κ3) is 2.36.